The van der Waals surface area contributed by atoms with Crippen LogP contribution in [0.25, 0.3) is 0 Å². The molecule has 1 aliphatic rings. The Kier molecular flexibility index (Phi) is 8.16. The zero-order valence-electron chi connectivity index (χ0n) is 15.7. The highest BCUT2D eigenvalue weighted by molar-refractivity contribution is 5.79. The highest BCUT2D eigenvalue weighted by Crippen LogP contribution is 2.28. The molecule has 0 unspecified atom stereocenters. The molecule has 2 N–H and O–H groups in total. The Balaban J connectivity index is 1.81. The SMILES string of the molecule is CCOc1cc(CNC(=NC)NCCC2=CCCCC2)ccc1OC. The largest absolute Gasteiger partial charge is 0.493 e. The molecule has 0 heterocycles. The van der Waals surface area contributed by atoms with Crippen LogP contribution in [0.1, 0.15) is 44.6 Å². The van der Waals surface area contributed by atoms with Crippen molar-refractivity contribution in [2.24, 2.45) is 4.99 Å². The summed E-state index contributed by atoms with van der Waals surface area (Å²) < 4.78 is 11.0. The van der Waals surface area contributed by atoms with Crippen LogP contribution in [0.2, 0.25) is 0 Å². The van der Waals surface area contributed by atoms with Crippen LogP contribution in [0, 0.1) is 0 Å². The van der Waals surface area contributed by atoms with Crippen LogP contribution < -0.4 is 20.1 Å². The predicted octanol–water partition coefficient (Wildman–Crippen LogP) is 3.65. The summed E-state index contributed by atoms with van der Waals surface area (Å²) in [6.45, 7) is 4.19. The van der Waals surface area contributed by atoms with Gasteiger partial charge in [-0.05, 0) is 56.7 Å². The van der Waals surface area contributed by atoms with Gasteiger partial charge in [0, 0.05) is 20.1 Å². The van der Waals surface area contributed by atoms with E-state index in [0.29, 0.717) is 13.2 Å². The van der Waals surface area contributed by atoms with Crippen molar-refractivity contribution >= 4 is 5.96 Å². The van der Waals surface area contributed by atoms with Gasteiger partial charge in [0.05, 0.1) is 13.7 Å². The second-order valence-electron chi connectivity index (χ2n) is 6.13. The van der Waals surface area contributed by atoms with E-state index in [-0.39, 0.29) is 0 Å². The first-order valence-corrected chi connectivity index (χ1v) is 9.19. The highest BCUT2D eigenvalue weighted by atomic mass is 16.5. The Bertz CT molecular complexity index is 597. The van der Waals surface area contributed by atoms with Gasteiger partial charge in [-0.25, -0.2) is 0 Å². The summed E-state index contributed by atoms with van der Waals surface area (Å²) in [4.78, 5) is 4.30. The van der Waals surface area contributed by atoms with Crippen molar-refractivity contribution in [1.29, 1.82) is 0 Å². The third-order valence-electron chi connectivity index (χ3n) is 4.34. The Hall–Kier alpha value is -2.17. The molecule has 138 valence electrons. The summed E-state index contributed by atoms with van der Waals surface area (Å²) in [6, 6.07) is 5.98. The summed E-state index contributed by atoms with van der Waals surface area (Å²) in [5.41, 5.74) is 2.70. The summed E-state index contributed by atoms with van der Waals surface area (Å²) >= 11 is 0. The van der Waals surface area contributed by atoms with E-state index in [1.54, 1.807) is 19.7 Å². The topological polar surface area (TPSA) is 54.9 Å². The summed E-state index contributed by atoms with van der Waals surface area (Å²) in [7, 11) is 3.46. The van der Waals surface area contributed by atoms with Crippen LogP contribution in [-0.4, -0.2) is 33.3 Å². The number of allylic oxidation sites excluding steroid dienone is 1. The quantitative estimate of drug-likeness (QED) is 0.429. The lowest BCUT2D eigenvalue weighted by Crippen LogP contribution is -2.37. The zero-order valence-corrected chi connectivity index (χ0v) is 15.7. The van der Waals surface area contributed by atoms with Gasteiger partial charge in [0.15, 0.2) is 17.5 Å². The third kappa shape index (κ3) is 6.33. The number of nitrogens with zero attached hydrogens (tertiary/aromatic N) is 1. The molecule has 5 heteroatoms. The van der Waals surface area contributed by atoms with Gasteiger partial charge < -0.3 is 20.1 Å². The minimum absolute atomic E-state index is 0.617. The van der Waals surface area contributed by atoms with Gasteiger partial charge in [-0.15, -0.1) is 0 Å². The van der Waals surface area contributed by atoms with Crippen LogP contribution in [0.15, 0.2) is 34.8 Å². The summed E-state index contributed by atoms with van der Waals surface area (Å²) in [6.07, 6.45) is 8.65. The lowest BCUT2D eigenvalue weighted by molar-refractivity contribution is 0.310. The van der Waals surface area contributed by atoms with Gasteiger partial charge in [0.1, 0.15) is 0 Å². The first-order chi connectivity index (χ1) is 12.3. The maximum Gasteiger partial charge on any atom is 0.191 e. The number of nitrogens with one attached hydrogen (secondary N) is 2. The Morgan fingerprint density at radius 3 is 2.76 bits per heavy atom. The van der Waals surface area contributed by atoms with Crippen molar-refractivity contribution in [3.63, 3.8) is 0 Å². The first-order valence-electron chi connectivity index (χ1n) is 9.19. The van der Waals surface area contributed by atoms with E-state index >= 15 is 0 Å². The number of aliphatic imine (C=N–C) groups is 1. The van der Waals surface area contributed by atoms with Crippen molar-refractivity contribution in [1.82, 2.24) is 10.6 Å². The lowest BCUT2D eigenvalue weighted by Gasteiger charge is -2.16. The van der Waals surface area contributed by atoms with Gasteiger partial charge in [-0.3, -0.25) is 4.99 Å². The van der Waals surface area contributed by atoms with E-state index in [4.69, 9.17) is 9.47 Å². The molecule has 0 atom stereocenters. The minimum atomic E-state index is 0.617. The predicted molar refractivity (Wildman–Crippen MR) is 104 cm³/mol. The Morgan fingerprint density at radius 1 is 1.20 bits per heavy atom. The molecule has 0 amide bonds. The molecule has 1 aromatic rings. The molecule has 0 saturated carbocycles. The number of hydrogen-bond donors (Lipinski definition) is 2. The molecule has 2 rings (SSSR count). The molecule has 0 fully saturated rings. The molecule has 5 nitrogen and oxygen atoms in total. The number of ether oxygens (including phenoxy) is 2. The van der Waals surface area contributed by atoms with Crippen molar-refractivity contribution in [2.45, 2.75) is 45.6 Å². The second kappa shape index (κ2) is 10.6. The van der Waals surface area contributed by atoms with Gasteiger partial charge in [-0.2, -0.15) is 0 Å². The summed E-state index contributed by atoms with van der Waals surface area (Å²) in [5, 5.41) is 6.74. The van der Waals surface area contributed by atoms with Gasteiger partial charge in [0.25, 0.3) is 0 Å². The van der Waals surface area contributed by atoms with Crippen molar-refractivity contribution in [2.75, 3.05) is 27.3 Å². The smallest absolute Gasteiger partial charge is 0.191 e. The van der Waals surface area contributed by atoms with E-state index < -0.39 is 0 Å². The maximum absolute atomic E-state index is 5.63. The van der Waals surface area contributed by atoms with E-state index in [9.17, 15) is 0 Å². The van der Waals surface area contributed by atoms with Gasteiger partial charge in [0.2, 0.25) is 0 Å². The molecule has 0 spiro atoms. The van der Waals surface area contributed by atoms with Crippen LogP contribution in [-0.2, 0) is 6.54 Å². The zero-order chi connectivity index (χ0) is 17.9. The molecular formula is C20H31N3O2. The fraction of sp³-hybridized carbons (Fsp3) is 0.550. The van der Waals surface area contributed by atoms with E-state index in [2.05, 4.69) is 21.7 Å². The van der Waals surface area contributed by atoms with Crippen LogP contribution in [0.4, 0.5) is 0 Å². The fourth-order valence-corrected chi connectivity index (χ4v) is 2.98. The summed E-state index contributed by atoms with van der Waals surface area (Å²) in [5.74, 6) is 2.36. The molecule has 0 aliphatic heterocycles. The molecule has 0 bridgehead atoms. The van der Waals surface area contributed by atoms with E-state index in [1.807, 2.05) is 25.1 Å². The molecule has 0 aromatic heterocycles. The average molecular weight is 345 g/mol. The highest BCUT2D eigenvalue weighted by Gasteiger charge is 2.07. The maximum atomic E-state index is 5.63. The van der Waals surface area contributed by atoms with Gasteiger partial charge in [-0.1, -0.05) is 17.7 Å². The fourth-order valence-electron chi connectivity index (χ4n) is 2.98. The van der Waals surface area contributed by atoms with Crippen LogP contribution in [0.5, 0.6) is 11.5 Å². The molecular weight excluding hydrogens is 314 g/mol. The lowest BCUT2D eigenvalue weighted by atomic mass is 9.97. The van der Waals surface area contributed by atoms with Crippen molar-refractivity contribution in [3.05, 3.63) is 35.4 Å². The normalized spacial score (nSPS) is 14.7. The van der Waals surface area contributed by atoms with Crippen LogP contribution in [0.3, 0.4) is 0 Å². The molecule has 0 radical (unpaired) electrons. The Morgan fingerprint density at radius 2 is 2.08 bits per heavy atom. The van der Waals surface area contributed by atoms with Gasteiger partial charge >= 0.3 is 0 Å². The number of hydrogen-bond acceptors (Lipinski definition) is 3. The molecule has 1 aliphatic carbocycles. The third-order valence-corrected chi connectivity index (χ3v) is 4.34. The Labute approximate surface area is 151 Å². The minimum Gasteiger partial charge on any atom is -0.493 e. The number of benzene rings is 1. The second-order valence-corrected chi connectivity index (χ2v) is 6.13. The first kappa shape index (κ1) is 19.2. The van der Waals surface area contributed by atoms with Crippen molar-refractivity contribution in [3.8, 4) is 11.5 Å². The average Bonchev–Trinajstić information content (AvgIpc) is 2.66. The molecule has 25 heavy (non-hydrogen) atoms. The van der Waals surface area contributed by atoms with Crippen molar-refractivity contribution < 1.29 is 9.47 Å². The molecule has 0 saturated heterocycles. The number of rotatable bonds is 8. The van der Waals surface area contributed by atoms with Crippen LogP contribution >= 0.6 is 0 Å². The number of guanidine groups is 1. The molecule has 1 aromatic carbocycles. The monoisotopic (exact) mass is 345 g/mol. The standard InChI is InChI=1S/C20H31N3O2/c1-4-25-19-14-17(10-11-18(19)24-3)15-23-20(21-2)22-13-12-16-8-6-5-7-9-16/h8,10-11,14H,4-7,9,12-13,15H2,1-3H3,(H2,21,22,23). The number of methoxy groups -OCH3 is 1. The van der Waals surface area contributed by atoms with E-state index in [0.717, 1.165) is 36.0 Å². The van der Waals surface area contributed by atoms with E-state index in [1.165, 1.54) is 25.7 Å².